The Morgan fingerprint density at radius 3 is 2.53 bits per heavy atom. The van der Waals surface area contributed by atoms with Crippen molar-refractivity contribution in [2.45, 2.75) is 76.5 Å². The van der Waals surface area contributed by atoms with Gasteiger partial charge in [-0.2, -0.15) is 0 Å². The number of benzene rings is 1. The number of carbonyl (C=O) groups excluding carboxylic acids is 2. The van der Waals surface area contributed by atoms with Crippen LogP contribution in [0.5, 0.6) is 0 Å². The molecule has 1 aromatic heterocycles. The molecule has 34 heavy (non-hydrogen) atoms. The van der Waals surface area contributed by atoms with Gasteiger partial charge in [0.05, 0.1) is 21.9 Å². The van der Waals surface area contributed by atoms with Crippen molar-refractivity contribution in [2.75, 3.05) is 13.6 Å². The normalized spacial score (nSPS) is 17.8. The molecule has 2 aliphatic rings. The molecule has 0 spiro atoms. The van der Waals surface area contributed by atoms with Crippen molar-refractivity contribution in [3.05, 3.63) is 51.2 Å². The maximum Gasteiger partial charge on any atom is 0.333 e. The van der Waals surface area contributed by atoms with Gasteiger partial charge in [-0.3, -0.25) is 18.7 Å². The summed E-state index contributed by atoms with van der Waals surface area (Å²) in [7, 11) is 1.77. The average molecular weight is 489 g/mol. The number of imidazole rings is 1. The fourth-order valence-electron chi connectivity index (χ4n) is 4.62. The third kappa shape index (κ3) is 5.39. The Bertz CT molecular complexity index is 1130. The van der Waals surface area contributed by atoms with Crippen LogP contribution >= 0.6 is 11.6 Å². The van der Waals surface area contributed by atoms with Crippen molar-refractivity contribution in [3.8, 4) is 5.69 Å². The van der Waals surface area contributed by atoms with Gasteiger partial charge >= 0.3 is 5.69 Å². The summed E-state index contributed by atoms with van der Waals surface area (Å²) in [6, 6.07) is 5.09. The highest BCUT2D eigenvalue weighted by Gasteiger charge is 2.30. The van der Waals surface area contributed by atoms with E-state index in [1.807, 2.05) is 0 Å². The van der Waals surface area contributed by atoms with Crippen LogP contribution in [-0.2, 0) is 11.3 Å². The third-order valence-corrected chi connectivity index (χ3v) is 7.37. The number of rotatable bonds is 7. The van der Waals surface area contributed by atoms with Crippen LogP contribution in [0.4, 0.5) is 0 Å². The van der Waals surface area contributed by atoms with E-state index in [0.717, 1.165) is 38.5 Å². The van der Waals surface area contributed by atoms with Gasteiger partial charge in [0.1, 0.15) is 6.54 Å². The molecule has 0 bridgehead atoms. The summed E-state index contributed by atoms with van der Waals surface area (Å²) in [4.78, 5) is 40.3. The molecule has 0 unspecified atom stereocenters. The molecule has 1 aromatic carbocycles. The predicted octanol–water partition coefficient (Wildman–Crippen LogP) is 3.04. The monoisotopic (exact) mass is 488 g/mol. The van der Waals surface area contributed by atoms with E-state index in [1.165, 1.54) is 9.13 Å². The first-order valence-electron chi connectivity index (χ1n) is 12.0. The van der Waals surface area contributed by atoms with Gasteiger partial charge in [0, 0.05) is 31.5 Å². The highest BCUT2D eigenvalue weighted by Crippen LogP contribution is 2.27. The molecule has 2 fully saturated rings. The highest BCUT2D eigenvalue weighted by molar-refractivity contribution is 6.33. The minimum Gasteiger partial charge on any atom is -0.388 e. The third-order valence-electron chi connectivity index (χ3n) is 7.05. The lowest BCUT2D eigenvalue weighted by molar-refractivity contribution is -0.131. The predicted molar refractivity (Wildman–Crippen MR) is 131 cm³/mol. The number of likely N-dealkylation sites (N-methyl/N-ethyl adjacent to an activating group) is 1. The first kappa shape index (κ1) is 24.5. The van der Waals surface area contributed by atoms with Gasteiger partial charge in [0.25, 0.3) is 5.91 Å². The second kappa shape index (κ2) is 9.96. The fourth-order valence-corrected chi connectivity index (χ4v) is 4.83. The number of carbonyl (C=O) groups is 2. The van der Waals surface area contributed by atoms with E-state index < -0.39 is 11.5 Å². The van der Waals surface area contributed by atoms with Crippen LogP contribution in [0.2, 0.25) is 5.02 Å². The molecule has 0 aliphatic heterocycles. The smallest absolute Gasteiger partial charge is 0.333 e. The molecule has 9 heteroatoms. The zero-order valence-corrected chi connectivity index (χ0v) is 20.6. The van der Waals surface area contributed by atoms with Crippen molar-refractivity contribution >= 4 is 23.4 Å². The molecule has 2 saturated carbocycles. The second-order valence-corrected chi connectivity index (χ2v) is 10.1. The molecule has 2 aromatic rings. The summed E-state index contributed by atoms with van der Waals surface area (Å²) in [5.41, 5.74) is 0.119. The molecule has 1 heterocycles. The topological polar surface area (TPSA) is 96.6 Å². The van der Waals surface area contributed by atoms with E-state index in [2.05, 4.69) is 5.32 Å². The van der Waals surface area contributed by atoms with Gasteiger partial charge in [0.15, 0.2) is 0 Å². The van der Waals surface area contributed by atoms with E-state index in [9.17, 15) is 19.5 Å². The van der Waals surface area contributed by atoms with Crippen molar-refractivity contribution in [1.29, 1.82) is 0 Å². The molecule has 4 rings (SSSR count). The number of amides is 2. The summed E-state index contributed by atoms with van der Waals surface area (Å²) in [6.45, 7) is 1.92. The summed E-state index contributed by atoms with van der Waals surface area (Å²) < 4.78 is 2.86. The van der Waals surface area contributed by atoms with Crippen LogP contribution in [0.1, 0.15) is 67.4 Å². The van der Waals surface area contributed by atoms with Gasteiger partial charge in [0.2, 0.25) is 5.91 Å². The number of hydrogen-bond donors (Lipinski definition) is 2. The van der Waals surface area contributed by atoms with Crippen molar-refractivity contribution < 1.29 is 14.7 Å². The Hall–Kier alpha value is -2.58. The lowest BCUT2D eigenvalue weighted by atomic mass is 9.94. The second-order valence-electron chi connectivity index (χ2n) is 9.73. The minimum absolute atomic E-state index is 0.0236. The van der Waals surface area contributed by atoms with E-state index in [-0.39, 0.29) is 41.3 Å². The van der Waals surface area contributed by atoms with Crippen molar-refractivity contribution in [2.24, 2.45) is 0 Å². The molecule has 0 atom stereocenters. The van der Waals surface area contributed by atoms with Crippen LogP contribution in [0.3, 0.4) is 0 Å². The lowest BCUT2D eigenvalue weighted by Crippen LogP contribution is -2.42. The Morgan fingerprint density at radius 1 is 1.21 bits per heavy atom. The molecule has 0 saturated heterocycles. The molecular weight excluding hydrogens is 456 g/mol. The van der Waals surface area contributed by atoms with Gasteiger partial charge in [-0.25, -0.2) is 4.79 Å². The Balaban J connectivity index is 1.52. The number of hydrogen-bond acceptors (Lipinski definition) is 4. The summed E-state index contributed by atoms with van der Waals surface area (Å²) in [5.74, 6) is -0.493. The Morgan fingerprint density at radius 2 is 1.88 bits per heavy atom. The Kier molecular flexibility index (Phi) is 7.19. The first-order chi connectivity index (χ1) is 16.2. The number of nitrogens with zero attached hydrogens (tertiary/aromatic N) is 3. The number of halogens is 1. The SMILES string of the molecule is Cc1cn(-c2ccc(Cl)c(C(=O)NCC3(O)CCCCCC3)c2)c(=O)n1CC(=O)N(C)C1CC1. The van der Waals surface area contributed by atoms with Gasteiger partial charge in [-0.1, -0.05) is 37.3 Å². The maximum absolute atomic E-state index is 13.1. The van der Waals surface area contributed by atoms with Gasteiger partial charge < -0.3 is 15.3 Å². The van der Waals surface area contributed by atoms with Crippen LogP contribution < -0.4 is 11.0 Å². The molecule has 2 N–H and O–H groups in total. The standard InChI is InChI=1S/C25H33ClN4O4/c1-17-14-30(24(33)29(17)15-22(31)28(2)18-7-8-18)19-9-10-21(26)20(13-19)23(32)27-16-25(34)11-5-3-4-6-12-25/h9-10,13-14,18,34H,3-8,11-12,15-16H2,1-2H3,(H,27,32). The maximum atomic E-state index is 13.1. The molecule has 2 aliphatic carbocycles. The van der Waals surface area contributed by atoms with E-state index in [4.69, 9.17) is 11.6 Å². The molecule has 8 nitrogen and oxygen atoms in total. The first-order valence-corrected chi connectivity index (χ1v) is 12.4. The number of aromatic nitrogens is 2. The van der Waals surface area contributed by atoms with Crippen LogP contribution in [0, 0.1) is 6.92 Å². The number of aliphatic hydroxyl groups is 1. The molecule has 0 radical (unpaired) electrons. The van der Waals surface area contributed by atoms with E-state index >= 15 is 0 Å². The summed E-state index contributed by atoms with van der Waals surface area (Å²) in [5, 5.41) is 13.9. The quantitative estimate of drug-likeness (QED) is 0.585. The summed E-state index contributed by atoms with van der Waals surface area (Å²) in [6.07, 6.45) is 9.08. The lowest BCUT2D eigenvalue weighted by Gasteiger charge is -2.26. The van der Waals surface area contributed by atoms with E-state index in [1.54, 1.807) is 43.3 Å². The fraction of sp³-hybridized carbons (Fsp3) is 0.560. The zero-order chi connectivity index (χ0) is 24.5. The largest absolute Gasteiger partial charge is 0.388 e. The summed E-state index contributed by atoms with van der Waals surface area (Å²) >= 11 is 6.31. The number of aryl methyl sites for hydroxylation is 1. The van der Waals surface area contributed by atoms with Crippen LogP contribution in [0.15, 0.2) is 29.2 Å². The van der Waals surface area contributed by atoms with Crippen molar-refractivity contribution in [1.82, 2.24) is 19.4 Å². The highest BCUT2D eigenvalue weighted by atomic mass is 35.5. The number of nitrogens with one attached hydrogen (secondary N) is 1. The van der Waals surface area contributed by atoms with Gasteiger partial charge in [-0.15, -0.1) is 0 Å². The Labute approximate surface area is 204 Å². The van der Waals surface area contributed by atoms with Crippen LogP contribution in [-0.4, -0.2) is 56.2 Å². The van der Waals surface area contributed by atoms with Gasteiger partial charge in [-0.05, 0) is 50.8 Å². The van der Waals surface area contributed by atoms with Crippen molar-refractivity contribution in [3.63, 3.8) is 0 Å². The minimum atomic E-state index is -0.901. The zero-order valence-electron chi connectivity index (χ0n) is 19.8. The molecule has 184 valence electrons. The molecule has 2 amide bonds. The molecular formula is C25H33ClN4O4. The average Bonchev–Trinajstić information content (AvgIpc) is 3.64. The van der Waals surface area contributed by atoms with Crippen LogP contribution in [0.25, 0.3) is 5.69 Å². The van der Waals surface area contributed by atoms with E-state index in [0.29, 0.717) is 24.2 Å².